The fourth-order valence-electron chi connectivity index (χ4n) is 2.25. The summed E-state index contributed by atoms with van der Waals surface area (Å²) in [5, 5.41) is -0.255. The molecule has 2 heterocycles. The smallest absolute Gasteiger partial charge is 0.242 e. The highest BCUT2D eigenvalue weighted by molar-refractivity contribution is 8.00. The minimum Gasteiger partial charge on any atom is -0.315 e. The summed E-state index contributed by atoms with van der Waals surface area (Å²) < 4.78 is 0. The number of hydrogen-bond donors (Lipinski definition) is 0. The zero-order valence-electron chi connectivity index (χ0n) is 12.3. The molecule has 0 saturated carbocycles. The van der Waals surface area contributed by atoms with Gasteiger partial charge in [0.1, 0.15) is 0 Å². The number of allylic oxidation sites excluding steroid dienone is 1. The van der Waals surface area contributed by atoms with Gasteiger partial charge in [-0.25, -0.2) is 0 Å². The number of rotatable bonds is 4. The molecule has 0 aromatic rings. The molecule has 1 unspecified atom stereocenters. The van der Waals surface area contributed by atoms with E-state index in [9.17, 15) is 14.4 Å². The molecule has 1 atom stereocenters. The molecule has 0 bridgehead atoms. The second-order valence-electron chi connectivity index (χ2n) is 4.42. The van der Waals surface area contributed by atoms with E-state index in [-0.39, 0.29) is 35.9 Å². The molecule has 0 spiro atoms. The van der Waals surface area contributed by atoms with Gasteiger partial charge in [0, 0.05) is 31.6 Å². The van der Waals surface area contributed by atoms with Crippen LogP contribution in [-0.4, -0.2) is 52.1 Å². The Morgan fingerprint density at radius 3 is 2.15 bits per heavy atom. The predicted octanol–water partition coefficient (Wildman–Crippen LogP) is 1.64. The van der Waals surface area contributed by atoms with Gasteiger partial charge in [0.15, 0.2) is 0 Å². The number of carbonyl (C=O) groups is 3. The highest BCUT2D eigenvalue weighted by Crippen LogP contribution is 2.24. The highest BCUT2D eigenvalue weighted by atomic mass is 32.2. The molecule has 6 heteroatoms. The number of hydrogen-bond acceptors (Lipinski definition) is 4. The summed E-state index contributed by atoms with van der Waals surface area (Å²) >= 11 is 1.40. The van der Waals surface area contributed by atoms with E-state index in [1.54, 1.807) is 4.90 Å². The van der Waals surface area contributed by atoms with E-state index in [1.807, 2.05) is 20.1 Å². The average Bonchev–Trinajstić information content (AvgIpc) is 2.91. The molecule has 0 radical (unpaired) electrons. The van der Waals surface area contributed by atoms with E-state index >= 15 is 0 Å². The number of carbonyl (C=O) groups excluding carboxylic acids is 3. The molecule has 2 fully saturated rings. The Kier molecular flexibility index (Phi) is 6.26. The topological polar surface area (TPSA) is 57.7 Å². The molecule has 0 N–H and O–H groups in total. The van der Waals surface area contributed by atoms with Crippen LogP contribution in [0.25, 0.3) is 0 Å². The van der Waals surface area contributed by atoms with Crippen molar-refractivity contribution in [3.63, 3.8) is 0 Å². The summed E-state index contributed by atoms with van der Waals surface area (Å²) in [7, 11) is 0. The number of nitrogens with zero attached hydrogens (tertiary/aromatic N) is 2. The average molecular weight is 298 g/mol. The first kappa shape index (κ1) is 16.8. The molecule has 2 saturated heterocycles. The monoisotopic (exact) mass is 298 g/mol. The normalized spacial score (nSPS) is 22.4. The molecule has 112 valence electrons. The lowest BCUT2D eigenvalue weighted by Crippen LogP contribution is -2.38. The van der Waals surface area contributed by atoms with Gasteiger partial charge in [0.05, 0.1) is 5.25 Å². The maximum absolute atomic E-state index is 11.9. The van der Waals surface area contributed by atoms with Crippen LogP contribution in [0.3, 0.4) is 0 Å². The maximum Gasteiger partial charge on any atom is 0.242 e. The lowest BCUT2D eigenvalue weighted by Gasteiger charge is -2.21. The predicted molar refractivity (Wildman–Crippen MR) is 80.1 cm³/mol. The molecule has 5 nitrogen and oxygen atoms in total. The van der Waals surface area contributed by atoms with Crippen molar-refractivity contribution in [1.82, 2.24) is 9.80 Å². The number of imide groups is 1. The number of likely N-dealkylation sites (tertiary alicyclic amines) is 2. The van der Waals surface area contributed by atoms with E-state index < -0.39 is 0 Å². The molecule has 2 aliphatic rings. The van der Waals surface area contributed by atoms with Crippen LogP contribution in [0.1, 0.15) is 33.1 Å². The fraction of sp³-hybridized carbons (Fsp3) is 0.643. The van der Waals surface area contributed by atoms with Crippen molar-refractivity contribution < 1.29 is 14.4 Å². The van der Waals surface area contributed by atoms with Crippen molar-refractivity contribution in [2.24, 2.45) is 0 Å². The second-order valence-corrected chi connectivity index (χ2v) is 5.46. The Bertz CT molecular complexity index is 407. The summed E-state index contributed by atoms with van der Waals surface area (Å²) in [6, 6.07) is 0. The van der Waals surface area contributed by atoms with Gasteiger partial charge < -0.3 is 4.90 Å². The summed E-state index contributed by atoms with van der Waals surface area (Å²) in [6.07, 6.45) is 3.25. The molecule has 0 aromatic carbocycles. The van der Waals surface area contributed by atoms with Gasteiger partial charge in [0.2, 0.25) is 17.7 Å². The highest BCUT2D eigenvalue weighted by Gasteiger charge is 2.38. The van der Waals surface area contributed by atoms with Gasteiger partial charge in [-0.2, -0.15) is 11.8 Å². The lowest BCUT2D eigenvalue weighted by molar-refractivity contribution is -0.139. The molecular formula is C14H22N2O3S. The first-order valence-corrected chi connectivity index (χ1v) is 8.18. The van der Waals surface area contributed by atoms with Crippen molar-refractivity contribution >= 4 is 29.5 Å². The first-order chi connectivity index (χ1) is 9.54. The number of amides is 3. The third kappa shape index (κ3) is 3.42. The SMILES string of the molecule is C=C1CCC(=O)N1CCN1C(=O)CC(SC)C1=O.CC. The molecule has 3 amide bonds. The Labute approximate surface area is 124 Å². The lowest BCUT2D eigenvalue weighted by atomic mass is 10.3. The minimum atomic E-state index is -0.255. The fourth-order valence-corrected chi connectivity index (χ4v) is 2.89. The minimum absolute atomic E-state index is 0.0283. The standard InChI is InChI=1S/C12H16N2O3S.C2H6/c1-8-3-4-10(15)13(8)5-6-14-11(16)7-9(18-2)12(14)17;1-2/h9H,1,3-7H2,2H3;1-2H3. The summed E-state index contributed by atoms with van der Waals surface area (Å²) in [5.74, 6) is -0.248. The third-order valence-electron chi connectivity index (χ3n) is 3.34. The molecule has 20 heavy (non-hydrogen) atoms. The Balaban J connectivity index is 0.000000956. The van der Waals surface area contributed by atoms with Crippen LogP contribution in [0.15, 0.2) is 12.3 Å². The summed E-state index contributed by atoms with van der Waals surface area (Å²) in [5.41, 5.74) is 0.778. The second kappa shape index (κ2) is 7.47. The molecule has 2 rings (SSSR count). The summed E-state index contributed by atoms with van der Waals surface area (Å²) in [4.78, 5) is 37.9. The maximum atomic E-state index is 11.9. The largest absolute Gasteiger partial charge is 0.315 e. The van der Waals surface area contributed by atoms with Crippen molar-refractivity contribution in [2.45, 2.75) is 38.4 Å². The summed E-state index contributed by atoms with van der Waals surface area (Å²) in [6.45, 7) is 8.46. The third-order valence-corrected chi connectivity index (χ3v) is 4.28. The van der Waals surface area contributed by atoms with Crippen molar-refractivity contribution in [3.8, 4) is 0 Å². The van der Waals surface area contributed by atoms with E-state index in [2.05, 4.69) is 6.58 Å². The van der Waals surface area contributed by atoms with Gasteiger partial charge in [-0.3, -0.25) is 19.3 Å². The molecule has 0 aromatic heterocycles. The zero-order valence-corrected chi connectivity index (χ0v) is 13.2. The Hall–Kier alpha value is -1.30. The van der Waals surface area contributed by atoms with Crippen LogP contribution >= 0.6 is 11.8 Å². The van der Waals surface area contributed by atoms with Crippen molar-refractivity contribution in [2.75, 3.05) is 19.3 Å². The van der Waals surface area contributed by atoms with E-state index in [4.69, 9.17) is 0 Å². The molecule has 2 aliphatic heterocycles. The van der Waals surface area contributed by atoms with Crippen LogP contribution in [0.4, 0.5) is 0 Å². The van der Waals surface area contributed by atoms with Crippen molar-refractivity contribution in [1.29, 1.82) is 0 Å². The van der Waals surface area contributed by atoms with Crippen LogP contribution in [0, 0.1) is 0 Å². The van der Waals surface area contributed by atoms with Gasteiger partial charge in [-0.05, 0) is 12.7 Å². The van der Waals surface area contributed by atoms with Gasteiger partial charge in [0.25, 0.3) is 0 Å². The van der Waals surface area contributed by atoms with Crippen molar-refractivity contribution in [3.05, 3.63) is 12.3 Å². The Morgan fingerprint density at radius 1 is 1.10 bits per heavy atom. The van der Waals surface area contributed by atoms with Gasteiger partial charge in [-0.15, -0.1) is 0 Å². The van der Waals surface area contributed by atoms with Crippen LogP contribution in [0.5, 0.6) is 0 Å². The quantitative estimate of drug-likeness (QED) is 0.740. The van der Waals surface area contributed by atoms with E-state index in [0.717, 1.165) is 5.70 Å². The van der Waals surface area contributed by atoms with Crippen LogP contribution < -0.4 is 0 Å². The zero-order chi connectivity index (χ0) is 15.3. The molecular weight excluding hydrogens is 276 g/mol. The Morgan fingerprint density at radius 2 is 1.70 bits per heavy atom. The van der Waals surface area contributed by atoms with Gasteiger partial charge >= 0.3 is 0 Å². The van der Waals surface area contributed by atoms with E-state index in [0.29, 0.717) is 19.4 Å². The van der Waals surface area contributed by atoms with Crippen LogP contribution in [0.2, 0.25) is 0 Å². The molecule has 0 aliphatic carbocycles. The van der Waals surface area contributed by atoms with Crippen LogP contribution in [-0.2, 0) is 14.4 Å². The first-order valence-electron chi connectivity index (χ1n) is 6.89. The van der Waals surface area contributed by atoms with Gasteiger partial charge in [-0.1, -0.05) is 20.4 Å². The number of thioether (sulfide) groups is 1. The van der Waals surface area contributed by atoms with E-state index in [1.165, 1.54) is 16.7 Å².